The molecule has 0 aromatic heterocycles. The Balaban J connectivity index is 1.69. The largest absolute Gasteiger partial charge is 0.326 e. The van der Waals surface area contributed by atoms with E-state index in [0.717, 1.165) is 15.7 Å². The van der Waals surface area contributed by atoms with Gasteiger partial charge in [-0.15, -0.1) is 0 Å². The summed E-state index contributed by atoms with van der Waals surface area (Å²) in [6.45, 7) is 1.53. The maximum Gasteiger partial charge on any atom is 0.221 e. The lowest BCUT2D eigenvalue weighted by atomic mass is 10.0. The van der Waals surface area contributed by atoms with Crippen LogP contribution in [0.5, 0.6) is 0 Å². The van der Waals surface area contributed by atoms with Crippen LogP contribution in [0.1, 0.15) is 23.6 Å². The average Bonchev–Trinajstić information content (AvgIpc) is 3.01. The van der Waals surface area contributed by atoms with Gasteiger partial charge in [0.05, 0.1) is 21.1 Å². The highest BCUT2D eigenvalue weighted by Crippen LogP contribution is 2.45. The maximum atomic E-state index is 11.5. The summed E-state index contributed by atoms with van der Waals surface area (Å²) in [4.78, 5) is 11.5. The van der Waals surface area contributed by atoms with Crippen LogP contribution in [-0.2, 0) is 4.79 Å². The summed E-state index contributed by atoms with van der Waals surface area (Å²) >= 11 is 0. The Morgan fingerprint density at radius 2 is 1.50 bits per heavy atom. The van der Waals surface area contributed by atoms with Gasteiger partial charge < -0.3 is 5.32 Å². The maximum absolute atomic E-state index is 11.5. The van der Waals surface area contributed by atoms with Gasteiger partial charge in [0.2, 0.25) is 5.91 Å². The van der Waals surface area contributed by atoms with Crippen molar-refractivity contribution >= 4 is 28.9 Å². The highest BCUT2D eigenvalue weighted by atomic mass is 16.1. The topological polar surface area (TPSA) is 29.1 Å². The molecule has 0 fully saturated rings. The summed E-state index contributed by atoms with van der Waals surface area (Å²) in [6.07, 6.45) is 6.40. The summed E-state index contributed by atoms with van der Waals surface area (Å²) in [5, 5.41) is 2.90. The predicted molar refractivity (Wildman–Crippen MR) is 128 cm³/mol. The van der Waals surface area contributed by atoms with Gasteiger partial charge in [0.1, 0.15) is 5.69 Å². The minimum absolute atomic E-state index is 0.0618. The van der Waals surface area contributed by atoms with E-state index in [0.29, 0.717) is 0 Å². The number of quaternary nitrogens is 1. The molecule has 0 atom stereocenters. The smallest absolute Gasteiger partial charge is 0.221 e. The quantitative estimate of drug-likeness (QED) is 0.424. The van der Waals surface area contributed by atoms with Gasteiger partial charge in [-0.05, 0) is 69.8 Å². The number of allylic oxidation sites excluding steroid dienone is 2. The Labute approximate surface area is 178 Å². The zero-order valence-corrected chi connectivity index (χ0v) is 17.9. The van der Waals surface area contributed by atoms with E-state index in [9.17, 15) is 4.79 Å². The number of nitrogens with zero attached hydrogens (tertiary/aromatic N) is 1. The molecular weight excluding hydrogens is 368 g/mol. The minimum atomic E-state index is -0.0618. The van der Waals surface area contributed by atoms with Gasteiger partial charge in [-0.25, -0.2) is 0 Å². The number of carbonyl (C=O) groups is 1. The number of anilines is 1. The molecule has 1 aliphatic carbocycles. The monoisotopic (exact) mass is 395 g/mol. The molecule has 30 heavy (non-hydrogen) atoms. The first kappa shape index (κ1) is 19.9. The summed E-state index contributed by atoms with van der Waals surface area (Å²) in [7, 11) is 6.50. The number of carbonyl (C=O) groups excluding carboxylic acids is 1. The summed E-state index contributed by atoms with van der Waals surface area (Å²) in [5.74, 6) is -0.0618. The van der Waals surface area contributed by atoms with Crippen molar-refractivity contribution in [3.05, 3.63) is 95.6 Å². The van der Waals surface area contributed by atoms with Crippen LogP contribution >= 0.6 is 0 Å². The van der Waals surface area contributed by atoms with Gasteiger partial charge in [-0.1, -0.05) is 48.6 Å². The number of fused-ring (bicyclic) bond motifs is 3. The molecule has 4 rings (SSSR count). The summed E-state index contributed by atoms with van der Waals surface area (Å²) < 4.78 is 0.804. The zero-order chi connectivity index (χ0) is 21.3. The molecule has 3 nitrogen and oxygen atoms in total. The van der Waals surface area contributed by atoms with E-state index >= 15 is 0 Å². The number of amides is 1. The fourth-order valence-corrected chi connectivity index (χ4v) is 3.85. The van der Waals surface area contributed by atoms with Crippen LogP contribution in [0.25, 0.3) is 22.8 Å². The third-order valence-corrected chi connectivity index (χ3v) is 5.36. The Kier molecular flexibility index (Phi) is 5.15. The Morgan fingerprint density at radius 1 is 0.833 bits per heavy atom. The summed E-state index contributed by atoms with van der Waals surface area (Å²) in [5.41, 5.74) is 9.23. The molecule has 150 valence electrons. The van der Waals surface area contributed by atoms with E-state index < -0.39 is 0 Å². The van der Waals surface area contributed by atoms with Crippen molar-refractivity contribution in [2.45, 2.75) is 6.92 Å². The van der Waals surface area contributed by atoms with Crippen LogP contribution in [0, 0.1) is 0 Å². The number of nitrogens with one attached hydrogen (secondary N) is 1. The zero-order valence-electron chi connectivity index (χ0n) is 17.9. The average molecular weight is 396 g/mol. The molecule has 0 bridgehead atoms. The number of hydrogen-bond donors (Lipinski definition) is 1. The molecule has 1 amide bonds. The van der Waals surface area contributed by atoms with Crippen molar-refractivity contribution in [3.8, 4) is 11.1 Å². The lowest BCUT2D eigenvalue weighted by molar-refractivity contribution is -0.114. The van der Waals surface area contributed by atoms with E-state index in [2.05, 4.69) is 105 Å². The van der Waals surface area contributed by atoms with Crippen LogP contribution in [0.15, 0.2) is 78.9 Å². The Hall–Kier alpha value is -3.43. The summed E-state index contributed by atoms with van der Waals surface area (Å²) in [6, 6.07) is 23.2. The molecule has 0 radical (unpaired) electrons. The van der Waals surface area contributed by atoms with Crippen molar-refractivity contribution in [2.24, 2.45) is 0 Å². The molecule has 0 heterocycles. The fraction of sp³-hybridized carbons (Fsp3) is 0.148. The molecule has 0 saturated carbocycles. The predicted octanol–water partition coefficient (Wildman–Crippen LogP) is 5.97. The van der Waals surface area contributed by atoms with Gasteiger partial charge in [-0.3, -0.25) is 9.28 Å². The fourth-order valence-electron chi connectivity index (χ4n) is 3.85. The molecule has 0 saturated heterocycles. The van der Waals surface area contributed by atoms with Crippen molar-refractivity contribution in [1.29, 1.82) is 0 Å². The highest BCUT2D eigenvalue weighted by Gasteiger charge is 2.22. The van der Waals surface area contributed by atoms with E-state index in [1.54, 1.807) is 0 Å². The van der Waals surface area contributed by atoms with Crippen LogP contribution in [0.4, 0.5) is 11.4 Å². The van der Waals surface area contributed by atoms with E-state index in [-0.39, 0.29) is 5.91 Å². The van der Waals surface area contributed by atoms with Gasteiger partial charge in [0, 0.05) is 12.6 Å². The first-order chi connectivity index (χ1) is 14.3. The molecule has 0 unspecified atom stereocenters. The molecule has 3 aromatic rings. The second kappa shape index (κ2) is 7.77. The number of rotatable bonds is 4. The standard InChI is InChI=1S/C27H26N2O/c1-19(30)28-21-14-17-26-24-10-6-5-9-23(24)25(27(26)18-21)11-7-8-20-12-15-22(16-13-20)29(2,3)4/h5-18H,1-4H3/p+1/b8-7+,25-11-. The molecule has 3 aromatic carbocycles. The third-order valence-electron chi connectivity index (χ3n) is 5.36. The second-order valence-electron chi connectivity index (χ2n) is 8.53. The SMILES string of the molecule is CC(=O)Nc1ccc2c(c1)/C(=C\C=C\c1ccc([N+](C)(C)C)cc1)c1ccccc1-2. The second-order valence-corrected chi connectivity index (χ2v) is 8.53. The van der Waals surface area contributed by atoms with E-state index in [1.807, 2.05) is 6.07 Å². The number of benzene rings is 3. The van der Waals surface area contributed by atoms with Crippen LogP contribution < -0.4 is 9.80 Å². The van der Waals surface area contributed by atoms with E-state index in [1.165, 1.54) is 40.4 Å². The molecule has 0 spiro atoms. The Morgan fingerprint density at radius 3 is 2.17 bits per heavy atom. The van der Waals surface area contributed by atoms with Crippen LogP contribution in [0.3, 0.4) is 0 Å². The third kappa shape index (κ3) is 3.98. The van der Waals surface area contributed by atoms with Crippen molar-refractivity contribution in [2.75, 3.05) is 26.5 Å². The Bertz CT molecular complexity index is 1160. The normalized spacial score (nSPS) is 14.1. The van der Waals surface area contributed by atoms with Gasteiger partial charge in [-0.2, -0.15) is 0 Å². The van der Waals surface area contributed by atoms with Gasteiger partial charge in [0.25, 0.3) is 0 Å². The molecule has 1 N–H and O–H groups in total. The van der Waals surface area contributed by atoms with Crippen molar-refractivity contribution < 1.29 is 4.79 Å². The first-order valence-electron chi connectivity index (χ1n) is 10.2. The molecule has 0 aliphatic heterocycles. The molecule has 1 aliphatic rings. The van der Waals surface area contributed by atoms with Crippen LogP contribution in [-0.4, -0.2) is 27.1 Å². The lowest BCUT2D eigenvalue weighted by Crippen LogP contribution is -2.34. The van der Waals surface area contributed by atoms with Gasteiger partial charge >= 0.3 is 0 Å². The van der Waals surface area contributed by atoms with E-state index in [4.69, 9.17) is 0 Å². The van der Waals surface area contributed by atoms with Crippen molar-refractivity contribution in [1.82, 2.24) is 4.48 Å². The first-order valence-corrected chi connectivity index (χ1v) is 10.2. The van der Waals surface area contributed by atoms with Crippen molar-refractivity contribution in [3.63, 3.8) is 0 Å². The highest BCUT2D eigenvalue weighted by molar-refractivity contribution is 6.03. The van der Waals surface area contributed by atoms with Gasteiger partial charge in [0.15, 0.2) is 0 Å². The molecular formula is C27H27N2O+. The minimum Gasteiger partial charge on any atom is -0.326 e. The number of hydrogen-bond acceptors (Lipinski definition) is 1. The lowest BCUT2D eigenvalue weighted by Gasteiger charge is -2.23. The molecule has 3 heteroatoms. The van der Waals surface area contributed by atoms with Crippen LogP contribution in [0.2, 0.25) is 0 Å².